The summed E-state index contributed by atoms with van der Waals surface area (Å²) >= 11 is 0. The summed E-state index contributed by atoms with van der Waals surface area (Å²) in [4.78, 5) is 23.9. The first-order chi connectivity index (χ1) is 12.5. The zero-order chi connectivity index (χ0) is 18.5. The van der Waals surface area contributed by atoms with E-state index in [1.165, 1.54) is 6.07 Å². The van der Waals surface area contributed by atoms with Gasteiger partial charge in [-0.1, -0.05) is 19.1 Å². The van der Waals surface area contributed by atoms with Crippen molar-refractivity contribution in [2.24, 2.45) is 7.05 Å². The van der Waals surface area contributed by atoms with E-state index in [-0.39, 0.29) is 11.3 Å². The maximum atomic E-state index is 12.2. The first kappa shape index (κ1) is 17.6. The fourth-order valence-electron chi connectivity index (χ4n) is 2.64. The number of anilines is 1. The van der Waals surface area contributed by atoms with Crippen molar-refractivity contribution in [3.05, 3.63) is 70.4 Å². The van der Waals surface area contributed by atoms with Crippen LogP contribution in [0, 0.1) is 0 Å². The predicted octanol–water partition coefficient (Wildman–Crippen LogP) is 2.30. The van der Waals surface area contributed by atoms with Gasteiger partial charge < -0.3 is 5.32 Å². The van der Waals surface area contributed by atoms with Crippen molar-refractivity contribution in [3.8, 4) is 5.69 Å². The first-order valence-electron chi connectivity index (χ1n) is 8.52. The average Bonchev–Trinajstić information content (AvgIpc) is 3.04. The highest BCUT2D eigenvalue weighted by Crippen LogP contribution is 2.14. The number of carbonyl (C=O) groups excluding carboxylic acids is 1. The van der Waals surface area contributed by atoms with E-state index >= 15 is 0 Å². The molecule has 0 aliphatic heterocycles. The van der Waals surface area contributed by atoms with Crippen LogP contribution in [0.15, 0.2) is 53.7 Å². The molecule has 1 N–H and O–H groups in total. The minimum Gasteiger partial charge on any atom is -0.326 e. The van der Waals surface area contributed by atoms with Crippen LogP contribution in [0.2, 0.25) is 0 Å². The maximum absolute atomic E-state index is 12.2. The van der Waals surface area contributed by atoms with Crippen molar-refractivity contribution in [2.45, 2.75) is 26.2 Å². The number of carbonyl (C=O) groups is 1. The molecule has 0 aliphatic rings. The SMILES string of the molecule is CCCC(=O)Nc1cccc(Cc2nn(-c3cnn(C)c3)ccc2=O)c1. The second kappa shape index (κ2) is 7.77. The lowest BCUT2D eigenvalue weighted by Crippen LogP contribution is -2.16. The molecule has 2 aromatic heterocycles. The Hall–Kier alpha value is -3.22. The van der Waals surface area contributed by atoms with E-state index in [0.717, 1.165) is 23.4 Å². The van der Waals surface area contributed by atoms with E-state index in [1.807, 2.05) is 44.4 Å². The molecule has 134 valence electrons. The number of rotatable bonds is 6. The van der Waals surface area contributed by atoms with Crippen LogP contribution < -0.4 is 10.7 Å². The van der Waals surface area contributed by atoms with Crippen molar-refractivity contribution < 1.29 is 4.79 Å². The van der Waals surface area contributed by atoms with Crippen molar-refractivity contribution in [1.82, 2.24) is 19.6 Å². The standard InChI is InChI=1S/C19H21N5O2/c1-3-5-19(26)21-15-7-4-6-14(10-15)11-17-18(25)8-9-24(22-17)16-12-20-23(2)13-16/h4,6-10,12-13H,3,5,11H2,1-2H3,(H,21,26). The third-order valence-electron chi connectivity index (χ3n) is 3.90. The molecule has 3 rings (SSSR count). The Kier molecular flexibility index (Phi) is 5.26. The van der Waals surface area contributed by atoms with Crippen molar-refractivity contribution in [3.63, 3.8) is 0 Å². The van der Waals surface area contributed by atoms with Gasteiger partial charge in [-0.3, -0.25) is 14.3 Å². The van der Waals surface area contributed by atoms with Gasteiger partial charge in [0.2, 0.25) is 11.3 Å². The fraction of sp³-hybridized carbons (Fsp3) is 0.263. The molecule has 0 bridgehead atoms. The largest absolute Gasteiger partial charge is 0.326 e. The molecule has 0 fully saturated rings. The monoisotopic (exact) mass is 351 g/mol. The van der Waals surface area contributed by atoms with Gasteiger partial charge >= 0.3 is 0 Å². The van der Waals surface area contributed by atoms with E-state index in [4.69, 9.17) is 0 Å². The number of benzene rings is 1. The number of aryl methyl sites for hydroxylation is 1. The van der Waals surface area contributed by atoms with E-state index in [0.29, 0.717) is 18.5 Å². The molecule has 1 aromatic carbocycles. The quantitative estimate of drug-likeness (QED) is 0.739. The van der Waals surface area contributed by atoms with Gasteiger partial charge in [-0.2, -0.15) is 10.2 Å². The summed E-state index contributed by atoms with van der Waals surface area (Å²) < 4.78 is 3.31. The summed E-state index contributed by atoms with van der Waals surface area (Å²) in [6, 6.07) is 8.99. The highest BCUT2D eigenvalue weighted by Gasteiger charge is 2.08. The Morgan fingerprint density at radius 2 is 2.12 bits per heavy atom. The smallest absolute Gasteiger partial charge is 0.224 e. The molecular formula is C19H21N5O2. The zero-order valence-electron chi connectivity index (χ0n) is 14.8. The molecule has 3 aromatic rings. The summed E-state index contributed by atoms with van der Waals surface area (Å²) in [5.41, 5.74) is 2.74. The molecule has 0 radical (unpaired) electrons. The van der Waals surface area contributed by atoms with Gasteiger partial charge in [0.05, 0.1) is 12.4 Å². The molecule has 0 atom stereocenters. The van der Waals surface area contributed by atoms with Crippen molar-refractivity contribution >= 4 is 11.6 Å². The molecule has 0 saturated carbocycles. The van der Waals surface area contributed by atoms with Gasteiger partial charge in [0.25, 0.3) is 0 Å². The molecule has 1 amide bonds. The lowest BCUT2D eigenvalue weighted by molar-refractivity contribution is -0.116. The Morgan fingerprint density at radius 3 is 2.85 bits per heavy atom. The van der Waals surface area contributed by atoms with Gasteiger partial charge in [0, 0.05) is 37.8 Å². The molecule has 0 spiro atoms. The third-order valence-corrected chi connectivity index (χ3v) is 3.90. The third kappa shape index (κ3) is 4.24. The normalized spacial score (nSPS) is 10.7. The van der Waals surface area contributed by atoms with Crippen LogP contribution in [0.5, 0.6) is 0 Å². The summed E-state index contributed by atoms with van der Waals surface area (Å²) in [5.74, 6) is -0.0126. The second-order valence-electron chi connectivity index (χ2n) is 6.12. The van der Waals surface area contributed by atoms with Crippen LogP contribution in [-0.4, -0.2) is 25.5 Å². The summed E-state index contributed by atoms with van der Waals surface area (Å²) in [6.45, 7) is 1.96. The Balaban J connectivity index is 1.82. The fourth-order valence-corrected chi connectivity index (χ4v) is 2.64. The topological polar surface area (TPSA) is 81.8 Å². The van der Waals surface area contributed by atoms with Crippen molar-refractivity contribution in [2.75, 3.05) is 5.32 Å². The molecule has 0 unspecified atom stereocenters. The van der Waals surface area contributed by atoms with Gasteiger partial charge in [-0.05, 0) is 24.1 Å². The molecule has 26 heavy (non-hydrogen) atoms. The summed E-state index contributed by atoms with van der Waals surface area (Å²) in [6.07, 6.45) is 6.81. The van der Waals surface area contributed by atoms with Gasteiger partial charge in [-0.15, -0.1) is 0 Å². The maximum Gasteiger partial charge on any atom is 0.224 e. The van der Waals surface area contributed by atoms with Crippen molar-refractivity contribution in [1.29, 1.82) is 0 Å². The van der Waals surface area contributed by atoms with E-state index < -0.39 is 0 Å². The van der Waals surface area contributed by atoms with Crippen LogP contribution in [-0.2, 0) is 18.3 Å². The number of nitrogens with one attached hydrogen (secondary N) is 1. The second-order valence-corrected chi connectivity index (χ2v) is 6.12. The molecule has 2 heterocycles. The first-order valence-corrected chi connectivity index (χ1v) is 8.52. The van der Waals surface area contributed by atoms with Crippen LogP contribution in [0.25, 0.3) is 5.69 Å². The summed E-state index contributed by atoms with van der Waals surface area (Å²) in [5, 5.41) is 11.4. The minimum atomic E-state index is -0.120. The highest BCUT2D eigenvalue weighted by molar-refractivity contribution is 5.90. The lowest BCUT2D eigenvalue weighted by Gasteiger charge is -2.08. The van der Waals surface area contributed by atoms with Crippen LogP contribution >= 0.6 is 0 Å². The molecule has 7 heteroatoms. The average molecular weight is 351 g/mol. The van der Waals surface area contributed by atoms with E-state index in [9.17, 15) is 9.59 Å². The highest BCUT2D eigenvalue weighted by atomic mass is 16.1. The van der Waals surface area contributed by atoms with Crippen LogP contribution in [0.1, 0.15) is 31.0 Å². The van der Waals surface area contributed by atoms with Gasteiger partial charge in [-0.25, -0.2) is 4.68 Å². The lowest BCUT2D eigenvalue weighted by atomic mass is 10.1. The van der Waals surface area contributed by atoms with Crippen LogP contribution in [0.3, 0.4) is 0 Å². The number of nitrogens with zero attached hydrogens (tertiary/aromatic N) is 4. The summed E-state index contributed by atoms with van der Waals surface area (Å²) in [7, 11) is 1.82. The Bertz CT molecular complexity index is 974. The molecule has 0 aliphatic carbocycles. The number of hydrogen-bond donors (Lipinski definition) is 1. The van der Waals surface area contributed by atoms with E-state index in [1.54, 1.807) is 21.8 Å². The molecular weight excluding hydrogens is 330 g/mol. The number of aromatic nitrogens is 4. The van der Waals surface area contributed by atoms with E-state index in [2.05, 4.69) is 15.5 Å². The Labute approximate surface area is 151 Å². The zero-order valence-corrected chi connectivity index (χ0v) is 14.8. The number of amides is 1. The Morgan fingerprint density at radius 1 is 1.27 bits per heavy atom. The van der Waals surface area contributed by atoms with Gasteiger partial charge in [0.15, 0.2) is 0 Å². The predicted molar refractivity (Wildman–Crippen MR) is 99.4 cm³/mol. The minimum absolute atomic E-state index is 0.0126. The van der Waals surface area contributed by atoms with Gasteiger partial charge in [0.1, 0.15) is 11.4 Å². The molecule has 7 nitrogen and oxygen atoms in total. The molecule has 0 saturated heterocycles. The van der Waals surface area contributed by atoms with Crippen LogP contribution in [0.4, 0.5) is 5.69 Å². The number of hydrogen-bond acceptors (Lipinski definition) is 4.